The summed E-state index contributed by atoms with van der Waals surface area (Å²) >= 11 is 0. The number of carboxylic acids is 1. The van der Waals surface area contributed by atoms with Crippen molar-refractivity contribution in [1.82, 2.24) is 9.97 Å². The second-order valence-electron chi connectivity index (χ2n) is 4.19. The summed E-state index contributed by atoms with van der Waals surface area (Å²) in [7, 11) is 0. The molecule has 1 aromatic rings. The molecule has 1 rings (SSSR count). The minimum Gasteiger partial charge on any atom is -0.478 e. The number of aromatic nitrogens is 2. The first-order valence-corrected chi connectivity index (χ1v) is 5.88. The Morgan fingerprint density at radius 1 is 1.59 bits per heavy atom. The third-order valence-corrected chi connectivity index (χ3v) is 2.58. The minimum atomic E-state index is -0.993. The van der Waals surface area contributed by atoms with Crippen molar-refractivity contribution in [2.75, 3.05) is 5.32 Å². The van der Waals surface area contributed by atoms with Crippen LogP contribution in [0.4, 0.5) is 5.95 Å². The van der Waals surface area contributed by atoms with Gasteiger partial charge in [-0.15, -0.1) is 0 Å². The van der Waals surface area contributed by atoms with Gasteiger partial charge in [0.2, 0.25) is 5.95 Å². The van der Waals surface area contributed by atoms with Crippen LogP contribution >= 0.6 is 0 Å². The normalized spacial score (nSPS) is 12.2. The van der Waals surface area contributed by atoms with Crippen LogP contribution in [-0.2, 0) is 0 Å². The highest BCUT2D eigenvalue weighted by atomic mass is 16.4. The summed E-state index contributed by atoms with van der Waals surface area (Å²) in [5.41, 5.74) is 0.634. The molecule has 17 heavy (non-hydrogen) atoms. The Bertz CT molecular complexity index is 393. The molecule has 5 nitrogen and oxygen atoms in total. The lowest BCUT2D eigenvalue weighted by Gasteiger charge is -2.13. The minimum absolute atomic E-state index is 0.150. The first kappa shape index (κ1) is 13.4. The van der Waals surface area contributed by atoms with E-state index in [9.17, 15) is 4.79 Å². The molecular weight excluding hydrogens is 218 g/mol. The molecule has 1 atom stereocenters. The van der Waals surface area contributed by atoms with Crippen LogP contribution in [0.3, 0.4) is 0 Å². The lowest BCUT2D eigenvalue weighted by atomic mass is 10.1. The number of nitrogens with one attached hydrogen (secondary N) is 1. The fourth-order valence-electron chi connectivity index (χ4n) is 1.55. The zero-order valence-corrected chi connectivity index (χ0v) is 10.5. The van der Waals surface area contributed by atoms with Gasteiger partial charge in [-0.05, 0) is 20.3 Å². The Morgan fingerprint density at radius 2 is 2.29 bits per heavy atom. The van der Waals surface area contributed by atoms with Crippen molar-refractivity contribution in [3.63, 3.8) is 0 Å². The van der Waals surface area contributed by atoms with Crippen LogP contribution in [0.15, 0.2) is 6.20 Å². The van der Waals surface area contributed by atoms with Crippen molar-refractivity contribution in [3.8, 4) is 0 Å². The summed E-state index contributed by atoms with van der Waals surface area (Å²) in [6.07, 6.45) is 4.71. The Balaban J connectivity index is 2.67. The van der Waals surface area contributed by atoms with E-state index in [1.807, 2.05) is 0 Å². The zero-order valence-electron chi connectivity index (χ0n) is 10.5. The van der Waals surface area contributed by atoms with Gasteiger partial charge >= 0.3 is 5.97 Å². The van der Waals surface area contributed by atoms with Crippen LogP contribution < -0.4 is 5.32 Å². The van der Waals surface area contributed by atoms with Crippen LogP contribution in [0.25, 0.3) is 0 Å². The maximum atomic E-state index is 10.8. The average molecular weight is 237 g/mol. The van der Waals surface area contributed by atoms with E-state index in [4.69, 9.17) is 5.11 Å². The van der Waals surface area contributed by atoms with E-state index in [1.54, 1.807) is 6.92 Å². The molecule has 0 bridgehead atoms. The number of aromatic carboxylic acids is 1. The molecule has 0 radical (unpaired) electrons. The second kappa shape index (κ2) is 6.18. The molecule has 0 aliphatic rings. The van der Waals surface area contributed by atoms with Gasteiger partial charge in [-0.25, -0.2) is 14.8 Å². The van der Waals surface area contributed by atoms with Crippen LogP contribution in [0.5, 0.6) is 0 Å². The van der Waals surface area contributed by atoms with Gasteiger partial charge in [-0.2, -0.15) is 0 Å². The summed E-state index contributed by atoms with van der Waals surface area (Å²) in [5, 5.41) is 12.0. The highest BCUT2D eigenvalue weighted by Gasteiger charge is 2.10. The van der Waals surface area contributed by atoms with Crippen LogP contribution in [-0.4, -0.2) is 27.1 Å². The molecule has 0 saturated heterocycles. The van der Waals surface area contributed by atoms with E-state index in [2.05, 4.69) is 29.1 Å². The van der Waals surface area contributed by atoms with Gasteiger partial charge in [0, 0.05) is 12.2 Å². The van der Waals surface area contributed by atoms with Crippen molar-refractivity contribution < 1.29 is 9.90 Å². The topological polar surface area (TPSA) is 75.1 Å². The third-order valence-electron chi connectivity index (χ3n) is 2.58. The third kappa shape index (κ3) is 4.01. The molecule has 1 heterocycles. The number of carboxylic acid groups (broad SMARTS) is 1. The van der Waals surface area contributed by atoms with Crippen molar-refractivity contribution in [3.05, 3.63) is 17.5 Å². The maximum Gasteiger partial charge on any atom is 0.339 e. The molecule has 0 aromatic carbocycles. The van der Waals surface area contributed by atoms with E-state index in [0.717, 1.165) is 19.3 Å². The zero-order chi connectivity index (χ0) is 12.8. The number of carbonyl (C=O) groups is 1. The van der Waals surface area contributed by atoms with Gasteiger partial charge in [0.1, 0.15) is 0 Å². The number of anilines is 1. The molecule has 0 spiro atoms. The van der Waals surface area contributed by atoms with Crippen LogP contribution in [0, 0.1) is 6.92 Å². The smallest absolute Gasteiger partial charge is 0.339 e. The standard InChI is InChI=1S/C12H19N3O2/c1-4-5-6-8(2)14-12-13-7-10(11(16)17)9(3)15-12/h7-8H,4-6H2,1-3H3,(H,16,17)(H,13,14,15). The number of nitrogens with zero attached hydrogens (tertiary/aromatic N) is 2. The molecule has 1 unspecified atom stereocenters. The number of hydrogen-bond acceptors (Lipinski definition) is 4. The molecule has 94 valence electrons. The monoisotopic (exact) mass is 237 g/mol. The van der Waals surface area contributed by atoms with E-state index in [0.29, 0.717) is 17.7 Å². The summed E-state index contributed by atoms with van der Waals surface area (Å²) in [5.74, 6) is -0.496. The number of hydrogen-bond donors (Lipinski definition) is 2. The lowest BCUT2D eigenvalue weighted by Crippen LogP contribution is -2.17. The number of unbranched alkanes of at least 4 members (excludes halogenated alkanes) is 1. The SMILES string of the molecule is CCCCC(C)Nc1ncc(C(=O)O)c(C)n1. The Labute approximate surface area is 101 Å². The molecule has 0 aliphatic carbocycles. The van der Waals surface area contributed by atoms with Gasteiger partial charge < -0.3 is 10.4 Å². The van der Waals surface area contributed by atoms with Crippen LogP contribution in [0.2, 0.25) is 0 Å². The fourth-order valence-corrected chi connectivity index (χ4v) is 1.55. The summed E-state index contributed by atoms with van der Waals surface area (Å²) in [4.78, 5) is 18.9. The Hall–Kier alpha value is -1.65. The molecule has 0 fully saturated rings. The molecule has 0 aliphatic heterocycles. The van der Waals surface area contributed by atoms with Crippen molar-refractivity contribution in [2.45, 2.75) is 46.1 Å². The summed E-state index contributed by atoms with van der Waals surface area (Å²) < 4.78 is 0. The fraction of sp³-hybridized carbons (Fsp3) is 0.583. The lowest BCUT2D eigenvalue weighted by molar-refractivity contribution is 0.0695. The van der Waals surface area contributed by atoms with Gasteiger partial charge in [0.15, 0.2) is 0 Å². The van der Waals surface area contributed by atoms with Crippen molar-refractivity contribution in [2.24, 2.45) is 0 Å². The predicted octanol–water partition coefficient (Wildman–Crippen LogP) is 2.47. The second-order valence-corrected chi connectivity index (χ2v) is 4.19. The average Bonchev–Trinajstić information content (AvgIpc) is 2.26. The Morgan fingerprint density at radius 3 is 2.82 bits per heavy atom. The van der Waals surface area contributed by atoms with Gasteiger partial charge in [-0.1, -0.05) is 19.8 Å². The molecule has 1 aromatic heterocycles. The molecular formula is C12H19N3O2. The van der Waals surface area contributed by atoms with E-state index < -0.39 is 5.97 Å². The van der Waals surface area contributed by atoms with Crippen molar-refractivity contribution in [1.29, 1.82) is 0 Å². The number of aryl methyl sites for hydroxylation is 1. The number of rotatable bonds is 6. The van der Waals surface area contributed by atoms with Gasteiger partial charge in [0.25, 0.3) is 0 Å². The first-order valence-electron chi connectivity index (χ1n) is 5.88. The van der Waals surface area contributed by atoms with E-state index >= 15 is 0 Å². The predicted molar refractivity (Wildman–Crippen MR) is 66.3 cm³/mol. The van der Waals surface area contributed by atoms with E-state index in [-0.39, 0.29) is 5.56 Å². The van der Waals surface area contributed by atoms with E-state index in [1.165, 1.54) is 6.20 Å². The van der Waals surface area contributed by atoms with Gasteiger partial charge in [-0.3, -0.25) is 0 Å². The molecule has 5 heteroatoms. The molecule has 0 saturated carbocycles. The highest BCUT2D eigenvalue weighted by molar-refractivity contribution is 5.88. The highest BCUT2D eigenvalue weighted by Crippen LogP contribution is 2.10. The Kier molecular flexibility index (Phi) is 4.87. The van der Waals surface area contributed by atoms with Crippen molar-refractivity contribution >= 4 is 11.9 Å². The molecule has 2 N–H and O–H groups in total. The summed E-state index contributed by atoms with van der Waals surface area (Å²) in [6, 6.07) is 0.296. The largest absolute Gasteiger partial charge is 0.478 e. The van der Waals surface area contributed by atoms with Gasteiger partial charge in [0.05, 0.1) is 11.3 Å². The summed E-state index contributed by atoms with van der Waals surface area (Å²) in [6.45, 7) is 5.89. The first-order chi connectivity index (χ1) is 8.04. The molecule has 0 amide bonds. The quantitative estimate of drug-likeness (QED) is 0.795. The maximum absolute atomic E-state index is 10.8. The van der Waals surface area contributed by atoms with Crippen LogP contribution in [0.1, 0.15) is 49.2 Å².